The zero-order chi connectivity index (χ0) is 13.0. The Kier molecular flexibility index (Phi) is 3.47. The van der Waals surface area contributed by atoms with Gasteiger partial charge in [-0.2, -0.15) is 0 Å². The number of anilines is 1. The fourth-order valence-electron chi connectivity index (χ4n) is 1.46. The van der Waals surface area contributed by atoms with Gasteiger partial charge >= 0.3 is 0 Å². The predicted octanol–water partition coefficient (Wildman–Crippen LogP) is 1.47. The number of amides is 1. The van der Waals surface area contributed by atoms with Crippen LogP contribution in [0.2, 0.25) is 0 Å². The van der Waals surface area contributed by atoms with Crippen LogP contribution in [0.25, 0.3) is 0 Å². The lowest BCUT2D eigenvalue weighted by atomic mass is 10.3. The van der Waals surface area contributed by atoms with E-state index in [-0.39, 0.29) is 18.1 Å². The van der Waals surface area contributed by atoms with Gasteiger partial charge in [0.25, 0.3) is 0 Å². The number of carbonyl (C=O) groups excluding carboxylic acids is 2. The van der Waals surface area contributed by atoms with Crippen LogP contribution in [0.4, 0.5) is 10.1 Å². The van der Waals surface area contributed by atoms with Gasteiger partial charge < -0.3 is 9.88 Å². The molecule has 1 N–H and O–H groups in total. The molecule has 0 atom stereocenters. The van der Waals surface area contributed by atoms with Crippen molar-refractivity contribution >= 4 is 17.9 Å². The van der Waals surface area contributed by atoms with Crippen molar-refractivity contribution in [2.75, 3.05) is 5.32 Å². The molecule has 0 aliphatic heterocycles. The molecular formula is C12H10FN3O2. The molecule has 1 aromatic heterocycles. The summed E-state index contributed by atoms with van der Waals surface area (Å²) in [7, 11) is 0. The van der Waals surface area contributed by atoms with Gasteiger partial charge in [0.1, 0.15) is 18.1 Å². The first-order chi connectivity index (χ1) is 8.67. The highest BCUT2D eigenvalue weighted by molar-refractivity contribution is 5.90. The van der Waals surface area contributed by atoms with Crippen LogP contribution >= 0.6 is 0 Å². The Hall–Kier alpha value is -2.50. The van der Waals surface area contributed by atoms with E-state index in [0.717, 1.165) is 0 Å². The van der Waals surface area contributed by atoms with Gasteiger partial charge in [0.15, 0.2) is 6.29 Å². The van der Waals surface area contributed by atoms with Gasteiger partial charge in [-0.15, -0.1) is 0 Å². The standard InChI is InChI=1S/C12H10FN3O2/c13-9-2-1-3-10(4-9)15-12(18)6-16-5-11(7-17)14-8-16/h1-5,7-8H,6H2,(H,15,18). The van der Waals surface area contributed by atoms with Crippen LogP contribution in [-0.2, 0) is 11.3 Å². The van der Waals surface area contributed by atoms with Crippen LogP contribution in [0.15, 0.2) is 36.8 Å². The number of halogens is 1. The van der Waals surface area contributed by atoms with Crippen molar-refractivity contribution in [3.63, 3.8) is 0 Å². The number of carbonyl (C=O) groups is 2. The van der Waals surface area contributed by atoms with Crippen LogP contribution in [0.3, 0.4) is 0 Å². The van der Waals surface area contributed by atoms with Crippen LogP contribution in [0.1, 0.15) is 10.5 Å². The first kappa shape index (κ1) is 12.0. The monoisotopic (exact) mass is 247 g/mol. The molecule has 0 radical (unpaired) electrons. The molecule has 0 aliphatic rings. The highest BCUT2D eigenvalue weighted by atomic mass is 19.1. The molecule has 5 nitrogen and oxygen atoms in total. The van der Waals surface area contributed by atoms with Crippen molar-refractivity contribution in [3.05, 3.63) is 48.3 Å². The molecule has 18 heavy (non-hydrogen) atoms. The molecule has 92 valence electrons. The maximum atomic E-state index is 12.9. The van der Waals surface area contributed by atoms with Crippen LogP contribution < -0.4 is 5.32 Å². The Bertz CT molecular complexity index is 580. The van der Waals surface area contributed by atoms with E-state index in [1.165, 1.54) is 35.3 Å². The summed E-state index contributed by atoms with van der Waals surface area (Å²) in [5, 5.41) is 2.54. The average Bonchev–Trinajstić information content (AvgIpc) is 2.76. The summed E-state index contributed by atoms with van der Waals surface area (Å²) in [6.45, 7) is 0.0113. The number of benzene rings is 1. The molecule has 0 bridgehead atoms. The van der Waals surface area contributed by atoms with Gasteiger partial charge in [-0.25, -0.2) is 9.37 Å². The van der Waals surface area contributed by atoms with Gasteiger partial charge in [-0.05, 0) is 18.2 Å². The maximum Gasteiger partial charge on any atom is 0.244 e. The minimum atomic E-state index is -0.418. The van der Waals surface area contributed by atoms with E-state index in [1.54, 1.807) is 6.07 Å². The van der Waals surface area contributed by atoms with Gasteiger partial charge in [0.05, 0.1) is 6.33 Å². The van der Waals surface area contributed by atoms with Crippen molar-refractivity contribution in [1.29, 1.82) is 0 Å². The van der Waals surface area contributed by atoms with E-state index >= 15 is 0 Å². The number of hydrogen-bond donors (Lipinski definition) is 1. The molecule has 0 unspecified atom stereocenters. The molecule has 1 amide bonds. The van der Waals surface area contributed by atoms with Crippen molar-refractivity contribution < 1.29 is 14.0 Å². The van der Waals surface area contributed by atoms with Gasteiger partial charge in [-0.1, -0.05) is 6.07 Å². The second-order valence-corrected chi connectivity index (χ2v) is 3.65. The van der Waals surface area contributed by atoms with Gasteiger partial charge in [0.2, 0.25) is 5.91 Å². The fourth-order valence-corrected chi connectivity index (χ4v) is 1.46. The minimum Gasteiger partial charge on any atom is -0.327 e. The normalized spacial score (nSPS) is 10.1. The predicted molar refractivity (Wildman–Crippen MR) is 62.6 cm³/mol. The zero-order valence-corrected chi connectivity index (χ0v) is 9.34. The third-order valence-corrected chi connectivity index (χ3v) is 2.21. The lowest BCUT2D eigenvalue weighted by Gasteiger charge is -2.05. The third-order valence-electron chi connectivity index (χ3n) is 2.21. The minimum absolute atomic E-state index is 0.0113. The number of aromatic nitrogens is 2. The Labute approximate surface area is 102 Å². The molecule has 0 saturated carbocycles. The van der Waals surface area contributed by atoms with Crippen LogP contribution in [-0.4, -0.2) is 21.7 Å². The molecule has 0 saturated heterocycles. The van der Waals surface area contributed by atoms with E-state index in [0.29, 0.717) is 12.0 Å². The van der Waals surface area contributed by atoms with Crippen LogP contribution in [0.5, 0.6) is 0 Å². The molecule has 1 aromatic carbocycles. The molecule has 2 rings (SSSR count). The Morgan fingerprint density at radius 3 is 3.00 bits per heavy atom. The first-order valence-electron chi connectivity index (χ1n) is 5.20. The first-order valence-corrected chi connectivity index (χ1v) is 5.20. The third kappa shape index (κ3) is 3.00. The summed E-state index contributed by atoms with van der Waals surface area (Å²) in [5.74, 6) is -0.742. The zero-order valence-electron chi connectivity index (χ0n) is 9.34. The van der Waals surface area contributed by atoms with E-state index in [9.17, 15) is 14.0 Å². The number of hydrogen-bond acceptors (Lipinski definition) is 3. The van der Waals surface area contributed by atoms with Crippen LogP contribution in [0, 0.1) is 5.82 Å². The highest BCUT2D eigenvalue weighted by Gasteiger charge is 2.05. The Balaban J connectivity index is 1.98. The summed E-state index contributed by atoms with van der Waals surface area (Å²) in [4.78, 5) is 25.8. The van der Waals surface area contributed by atoms with Crippen molar-refractivity contribution in [2.24, 2.45) is 0 Å². The molecule has 2 aromatic rings. The molecule has 0 spiro atoms. The van der Waals surface area contributed by atoms with Crippen molar-refractivity contribution in [2.45, 2.75) is 6.54 Å². The molecular weight excluding hydrogens is 237 g/mol. The summed E-state index contributed by atoms with van der Waals surface area (Å²) in [6, 6.07) is 5.61. The summed E-state index contributed by atoms with van der Waals surface area (Å²) in [6.07, 6.45) is 3.44. The second-order valence-electron chi connectivity index (χ2n) is 3.65. The lowest BCUT2D eigenvalue weighted by Crippen LogP contribution is -2.17. The molecule has 1 heterocycles. The van der Waals surface area contributed by atoms with Crippen molar-refractivity contribution in [1.82, 2.24) is 9.55 Å². The highest BCUT2D eigenvalue weighted by Crippen LogP contribution is 2.09. The Morgan fingerprint density at radius 1 is 1.50 bits per heavy atom. The van der Waals surface area contributed by atoms with Gasteiger partial charge in [-0.3, -0.25) is 9.59 Å². The SMILES string of the molecule is O=Cc1cn(CC(=O)Nc2cccc(F)c2)cn1. The molecule has 0 aliphatic carbocycles. The fraction of sp³-hybridized carbons (Fsp3) is 0.0833. The number of nitrogens with zero attached hydrogens (tertiary/aromatic N) is 2. The molecule has 0 fully saturated rings. The quantitative estimate of drug-likeness (QED) is 0.832. The number of aldehydes is 1. The summed E-state index contributed by atoms with van der Waals surface area (Å²) >= 11 is 0. The lowest BCUT2D eigenvalue weighted by molar-refractivity contribution is -0.116. The van der Waals surface area contributed by atoms with Crippen molar-refractivity contribution in [3.8, 4) is 0 Å². The Morgan fingerprint density at radius 2 is 2.33 bits per heavy atom. The number of imidazole rings is 1. The van der Waals surface area contributed by atoms with E-state index < -0.39 is 5.82 Å². The second kappa shape index (κ2) is 5.22. The van der Waals surface area contributed by atoms with E-state index in [2.05, 4.69) is 10.3 Å². The average molecular weight is 247 g/mol. The maximum absolute atomic E-state index is 12.9. The smallest absolute Gasteiger partial charge is 0.244 e. The number of nitrogens with one attached hydrogen (secondary N) is 1. The largest absolute Gasteiger partial charge is 0.327 e. The van der Waals surface area contributed by atoms with E-state index in [1.807, 2.05) is 0 Å². The number of rotatable bonds is 4. The van der Waals surface area contributed by atoms with E-state index in [4.69, 9.17) is 0 Å². The summed E-state index contributed by atoms with van der Waals surface area (Å²) in [5.41, 5.74) is 0.643. The molecule has 6 heteroatoms. The summed E-state index contributed by atoms with van der Waals surface area (Å²) < 4.78 is 14.4. The van der Waals surface area contributed by atoms with Gasteiger partial charge in [0, 0.05) is 11.9 Å². The topological polar surface area (TPSA) is 64.0 Å².